The number of alkyl halides is 1. The lowest BCUT2D eigenvalue weighted by Gasteiger charge is -2.27. The van der Waals surface area contributed by atoms with Gasteiger partial charge in [0.15, 0.2) is 5.75 Å². The highest BCUT2D eigenvalue weighted by molar-refractivity contribution is 6.32. The van der Waals surface area contributed by atoms with Gasteiger partial charge in [-0.25, -0.2) is 9.97 Å². The number of aryl methyl sites for hydroxylation is 1. The van der Waals surface area contributed by atoms with Crippen molar-refractivity contribution in [2.75, 3.05) is 12.5 Å². The molecule has 3 rings (SSSR count). The molecule has 0 bridgehead atoms. The van der Waals surface area contributed by atoms with Gasteiger partial charge in [0.25, 0.3) is 0 Å². The van der Waals surface area contributed by atoms with E-state index < -0.39 is 0 Å². The van der Waals surface area contributed by atoms with Crippen LogP contribution in [0.4, 0.5) is 0 Å². The Bertz CT molecular complexity index is 1080. The molecule has 0 aliphatic rings. The van der Waals surface area contributed by atoms with Gasteiger partial charge in [-0.3, -0.25) is 0 Å². The summed E-state index contributed by atoms with van der Waals surface area (Å²) in [5.74, 6) is 2.17. The van der Waals surface area contributed by atoms with Crippen LogP contribution in [0.1, 0.15) is 55.8 Å². The number of nitriles is 1. The molecule has 3 aromatic rings. The zero-order valence-corrected chi connectivity index (χ0v) is 21.2. The Morgan fingerprint density at radius 2 is 1.64 bits per heavy atom. The zero-order chi connectivity index (χ0) is 24.4. The monoisotopic (exact) mass is 485 g/mol. The fourth-order valence-corrected chi connectivity index (χ4v) is 3.47. The van der Waals surface area contributed by atoms with E-state index in [-0.39, 0.29) is 12.0 Å². The van der Waals surface area contributed by atoms with E-state index in [1.807, 2.05) is 57.2 Å². The summed E-state index contributed by atoms with van der Waals surface area (Å²) in [7, 11) is 0. The molecule has 0 aliphatic heterocycles. The van der Waals surface area contributed by atoms with Gasteiger partial charge in [-0.05, 0) is 42.3 Å². The van der Waals surface area contributed by atoms with Gasteiger partial charge in [0.2, 0.25) is 0 Å². The Morgan fingerprint density at radius 3 is 2.21 bits per heavy atom. The van der Waals surface area contributed by atoms with E-state index >= 15 is 0 Å². The van der Waals surface area contributed by atoms with Crippen molar-refractivity contribution in [3.8, 4) is 17.6 Å². The van der Waals surface area contributed by atoms with Gasteiger partial charge in [0, 0.05) is 23.4 Å². The summed E-state index contributed by atoms with van der Waals surface area (Å²) >= 11 is 12.1. The second-order valence-electron chi connectivity index (χ2n) is 7.56. The third kappa shape index (κ3) is 6.83. The minimum absolute atomic E-state index is 0.287. The highest BCUT2D eigenvalue weighted by atomic mass is 35.5. The molecule has 2 aromatic carbocycles. The number of hydrogen-bond acceptors (Lipinski definition) is 5. The van der Waals surface area contributed by atoms with E-state index in [4.69, 9.17) is 32.7 Å². The average molecular weight is 486 g/mol. The number of halogens is 2. The van der Waals surface area contributed by atoms with E-state index in [0.29, 0.717) is 28.8 Å². The fourth-order valence-electron chi connectivity index (χ4n) is 3.12. The third-order valence-corrected chi connectivity index (χ3v) is 5.46. The molecule has 1 aromatic heterocycles. The average Bonchev–Trinajstić information content (AvgIpc) is 2.84. The fraction of sp³-hybridized carbons (Fsp3) is 0.346. The smallest absolute Gasteiger partial charge is 0.155 e. The summed E-state index contributed by atoms with van der Waals surface area (Å²) in [5.41, 5.74) is 2.89. The molecule has 0 spiro atoms. The molecular formula is C26H29Cl2N3O2. The molecule has 5 nitrogen and oxygen atoms in total. The largest absolute Gasteiger partial charge is 0.489 e. The molecule has 33 heavy (non-hydrogen) atoms. The normalized spacial score (nSPS) is 10.6. The predicted molar refractivity (Wildman–Crippen MR) is 133 cm³/mol. The maximum Gasteiger partial charge on any atom is 0.155 e. The molecule has 0 unspecified atom stereocenters. The number of aromatic nitrogens is 2. The lowest BCUT2D eigenvalue weighted by Crippen LogP contribution is -2.19. The maximum absolute atomic E-state index is 9.56. The molecule has 0 amide bonds. The number of benzene rings is 2. The Balaban J connectivity index is 0.00000187. The van der Waals surface area contributed by atoms with Crippen LogP contribution in [0, 0.1) is 18.3 Å². The molecule has 0 N–H and O–H groups in total. The van der Waals surface area contributed by atoms with Crippen molar-refractivity contribution < 1.29 is 9.47 Å². The number of rotatable bonds is 8. The molecule has 174 valence electrons. The van der Waals surface area contributed by atoms with E-state index in [9.17, 15) is 5.26 Å². The lowest BCUT2D eigenvalue weighted by molar-refractivity contribution is 0.305. The molecule has 0 radical (unpaired) electrons. The summed E-state index contributed by atoms with van der Waals surface area (Å²) in [5, 5.41) is 9.96. The van der Waals surface area contributed by atoms with Crippen molar-refractivity contribution in [1.82, 2.24) is 9.97 Å². The lowest BCUT2D eigenvalue weighted by atomic mass is 9.77. The van der Waals surface area contributed by atoms with Gasteiger partial charge in [-0.2, -0.15) is 5.26 Å². The van der Waals surface area contributed by atoms with E-state index in [1.165, 1.54) is 0 Å². The summed E-state index contributed by atoms with van der Waals surface area (Å²) in [4.78, 5) is 8.35. The summed E-state index contributed by atoms with van der Waals surface area (Å²) in [6, 6.07) is 13.7. The standard InChI is InChI=1S/C24H23Cl2N3O2.C2H6/c1-16-28-13-17(14-29-16)15-31-21-6-4-19(5-7-21)24(2,3)20-10-18(12-27)23(22(26)11-20)30-9-8-25;1-2/h4-7,10-11,13-14H,8-9,15H2,1-3H3;1-2H3. The van der Waals surface area contributed by atoms with Crippen molar-refractivity contribution in [2.24, 2.45) is 0 Å². The summed E-state index contributed by atoms with van der Waals surface area (Å²) in [6.07, 6.45) is 3.52. The van der Waals surface area contributed by atoms with Crippen LogP contribution in [0.25, 0.3) is 0 Å². The Morgan fingerprint density at radius 1 is 1.00 bits per heavy atom. The van der Waals surface area contributed by atoms with Crippen molar-refractivity contribution in [2.45, 2.75) is 46.6 Å². The van der Waals surface area contributed by atoms with Gasteiger partial charge in [0.05, 0.1) is 16.5 Å². The zero-order valence-electron chi connectivity index (χ0n) is 19.7. The van der Waals surface area contributed by atoms with E-state index in [1.54, 1.807) is 12.4 Å². The van der Waals surface area contributed by atoms with Crippen LogP contribution in [0.3, 0.4) is 0 Å². The van der Waals surface area contributed by atoms with Gasteiger partial charge in [-0.15, -0.1) is 11.6 Å². The van der Waals surface area contributed by atoms with Crippen LogP contribution < -0.4 is 9.47 Å². The Kier molecular flexibility index (Phi) is 9.96. The van der Waals surface area contributed by atoms with Crippen LogP contribution in [0.2, 0.25) is 5.02 Å². The first-order chi connectivity index (χ1) is 15.8. The minimum Gasteiger partial charge on any atom is -0.489 e. The molecule has 0 saturated carbocycles. The highest BCUT2D eigenvalue weighted by Gasteiger charge is 2.26. The van der Waals surface area contributed by atoms with Gasteiger partial charge in [-0.1, -0.05) is 51.4 Å². The third-order valence-electron chi connectivity index (χ3n) is 5.03. The van der Waals surface area contributed by atoms with Crippen molar-refractivity contribution in [3.05, 3.63) is 81.9 Å². The van der Waals surface area contributed by atoms with Crippen molar-refractivity contribution >= 4 is 23.2 Å². The highest BCUT2D eigenvalue weighted by Crippen LogP contribution is 2.38. The van der Waals surface area contributed by atoms with Crippen LogP contribution in [-0.4, -0.2) is 22.5 Å². The van der Waals surface area contributed by atoms with E-state index in [2.05, 4.69) is 29.9 Å². The Hall–Kier alpha value is -2.81. The number of nitrogens with zero attached hydrogens (tertiary/aromatic N) is 3. The first kappa shape index (κ1) is 26.4. The summed E-state index contributed by atoms with van der Waals surface area (Å²) < 4.78 is 11.4. The minimum atomic E-state index is -0.385. The molecule has 7 heteroatoms. The van der Waals surface area contributed by atoms with Gasteiger partial charge in [0.1, 0.15) is 30.9 Å². The van der Waals surface area contributed by atoms with Crippen LogP contribution in [0.5, 0.6) is 11.5 Å². The van der Waals surface area contributed by atoms with Crippen molar-refractivity contribution in [1.29, 1.82) is 5.26 Å². The SMILES string of the molecule is CC.Cc1ncc(COc2ccc(C(C)(C)c3cc(Cl)c(OCCCl)c(C#N)c3)cc2)cn1. The van der Waals surface area contributed by atoms with Gasteiger partial charge >= 0.3 is 0 Å². The molecule has 0 fully saturated rings. The van der Waals surface area contributed by atoms with E-state index in [0.717, 1.165) is 28.3 Å². The Labute approximate surface area is 206 Å². The maximum atomic E-state index is 9.56. The van der Waals surface area contributed by atoms with Crippen molar-refractivity contribution in [3.63, 3.8) is 0 Å². The molecule has 0 saturated heterocycles. The quantitative estimate of drug-likeness (QED) is 0.326. The van der Waals surface area contributed by atoms with Crippen LogP contribution in [0.15, 0.2) is 48.8 Å². The first-order valence-electron chi connectivity index (χ1n) is 10.8. The topological polar surface area (TPSA) is 68.0 Å². The molecule has 1 heterocycles. The summed E-state index contributed by atoms with van der Waals surface area (Å²) in [6.45, 7) is 10.7. The predicted octanol–water partition coefficient (Wildman–Crippen LogP) is 6.86. The number of ether oxygens (including phenoxy) is 2. The second-order valence-corrected chi connectivity index (χ2v) is 8.35. The van der Waals surface area contributed by atoms with Crippen LogP contribution >= 0.6 is 23.2 Å². The van der Waals surface area contributed by atoms with Gasteiger partial charge < -0.3 is 9.47 Å². The van der Waals surface area contributed by atoms with Crippen LogP contribution in [-0.2, 0) is 12.0 Å². The molecular weight excluding hydrogens is 457 g/mol. The number of hydrogen-bond donors (Lipinski definition) is 0. The molecule has 0 aliphatic carbocycles. The molecule has 0 atom stereocenters. The first-order valence-corrected chi connectivity index (χ1v) is 11.7. The second kappa shape index (κ2) is 12.4.